The van der Waals surface area contributed by atoms with Crippen molar-refractivity contribution in [2.24, 2.45) is 7.05 Å². The molecule has 0 aliphatic carbocycles. The van der Waals surface area contributed by atoms with Gasteiger partial charge in [-0.2, -0.15) is 5.10 Å². The maximum Gasteiger partial charge on any atom is 0.123 e. The van der Waals surface area contributed by atoms with E-state index in [1.54, 1.807) is 24.7 Å². The molecule has 1 atom stereocenters. The molecule has 0 radical (unpaired) electrons. The first-order chi connectivity index (χ1) is 8.88. The average molecular weight is 283 g/mol. The maximum atomic E-state index is 13.3. The Morgan fingerprint density at radius 2 is 2.05 bits per heavy atom. The van der Waals surface area contributed by atoms with Gasteiger partial charge in [-0.05, 0) is 37.1 Å². The van der Waals surface area contributed by atoms with E-state index in [0.29, 0.717) is 17.0 Å². The number of benzene rings is 1. The zero-order valence-corrected chi connectivity index (χ0v) is 11.9. The van der Waals surface area contributed by atoms with E-state index >= 15 is 0 Å². The highest BCUT2D eigenvalue weighted by molar-refractivity contribution is 6.31. The number of nitrogens with zero attached hydrogens (tertiary/aromatic N) is 2. The second-order valence-electron chi connectivity index (χ2n) is 4.75. The molecule has 5 heteroatoms. The monoisotopic (exact) mass is 282 g/mol. The molecule has 2 rings (SSSR count). The number of aromatic nitrogens is 2. The topological polar surface area (TPSA) is 38.1 Å². The van der Waals surface area contributed by atoms with Gasteiger partial charge in [0.1, 0.15) is 5.82 Å². The second-order valence-corrected chi connectivity index (χ2v) is 5.13. The van der Waals surface area contributed by atoms with Gasteiger partial charge in [-0.25, -0.2) is 4.39 Å². The van der Waals surface area contributed by atoms with Crippen molar-refractivity contribution in [3.05, 3.63) is 51.6 Å². The van der Waals surface area contributed by atoms with Crippen LogP contribution in [0.4, 0.5) is 4.39 Å². The van der Waals surface area contributed by atoms with E-state index < -0.39 is 6.10 Å². The van der Waals surface area contributed by atoms with Crippen molar-refractivity contribution in [3.63, 3.8) is 0 Å². The number of rotatable bonds is 3. The number of halogens is 2. The fraction of sp³-hybridized carbons (Fsp3) is 0.357. The van der Waals surface area contributed by atoms with Gasteiger partial charge in [0.05, 0.1) is 22.5 Å². The fourth-order valence-electron chi connectivity index (χ4n) is 2.16. The van der Waals surface area contributed by atoms with E-state index in [4.69, 9.17) is 11.6 Å². The van der Waals surface area contributed by atoms with Gasteiger partial charge < -0.3 is 5.11 Å². The number of aliphatic hydroxyl groups is 1. The molecular weight excluding hydrogens is 267 g/mol. The Morgan fingerprint density at radius 3 is 2.58 bits per heavy atom. The summed E-state index contributed by atoms with van der Waals surface area (Å²) < 4.78 is 15.0. The summed E-state index contributed by atoms with van der Waals surface area (Å²) >= 11 is 6.14. The minimum Gasteiger partial charge on any atom is -0.388 e. The summed E-state index contributed by atoms with van der Waals surface area (Å²) in [5.41, 5.74) is 2.80. The van der Waals surface area contributed by atoms with E-state index in [2.05, 4.69) is 5.10 Å². The molecule has 0 aliphatic rings. The van der Waals surface area contributed by atoms with Crippen LogP contribution in [0, 0.1) is 19.7 Å². The van der Waals surface area contributed by atoms with Crippen molar-refractivity contribution in [1.82, 2.24) is 9.78 Å². The lowest BCUT2D eigenvalue weighted by atomic mass is 10.0. The van der Waals surface area contributed by atoms with Crippen LogP contribution in [0.1, 0.15) is 28.6 Å². The third kappa shape index (κ3) is 2.96. The summed E-state index contributed by atoms with van der Waals surface area (Å²) in [5.74, 6) is -0.346. The molecule has 1 heterocycles. The summed E-state index contributed by atoms with van der Waals surface area (Å²) in [7, 11) is 1.78. The number of hydrogen-bond donors (Lipinski definition) is 1. The lowest BCUT2D eigenvalue weighted by Gasteiger charge is -2.12. The molecule has 0 spiro atoms. The predicted octanol–water partition coefficient (Wildman–Crippen LogP) is 3.11. The normalized spacial score (nSPS) is 12.7. The minimum absolute atomic E-state index is 0.305. The molecule has 1 aromatic carbocycles. The fourth-order valence-corrected chi connectivity index (χ4v) is 2.40. The van der Waals surface area contributed by atoms with Crippen LogP contribution in [0.25, 0.3) is 0 Å². The van der Waals surface area contributed by atoms with Crippen molar-refractivity contribution < 1.29 is 9.50 Å². The van der Waals surface area contributed by atoms with E-state index in [1.165, 1.54) is 12.1 Å². The zero-order valence-electron chi connectivity index (χ0n) is 11.1. The van der Waals surface area contributed by atoms with Crippen molar-refractivity contribution in [2.45, 2.75) is 26.4 Å². The van der Waals surface area contributed by atoms with Crippen LogP contribution in [0.15, 0.2) is 18.2 Å². The van der Waals surface area contributed by atoms with E-state index in [0.717, 1.165) is 17.0 Å². The van der Waals surface area contributed by atoms with Crippen molar-refractivity contribution in [2.75, 3.05) is 0 Å². The lowest BCUT2D eigenvalue weighted by Crippen LogP contribution is -2.07. The number of aliphatic hydroxyl groups excluding tert-OH is 1. The van der Waals surface area contributed by atoms with Gasteiger partial charge in [-0.3, -0.25) is 4.68 Å². The Morgan fingerprint density at radius 1 is 1.37 bits per heavy atom. The smallest absolute Gasteiger partial charge is 0.123 e. The highest BCUT2D eigenvalue weighted by Gasteiger charge is 2.17. The van der Waals surface area contributed by atoms with Crippen LogP contribution >= 0.6 is 11.6 Å². The molecular formula is C14H16ClFN2O. The van der Waals surface area contributed by atoms with Crippen LogP contribution in [0.5, 0.6) is 0 Å². The van der Waals surface area contributed by atoms with E-state index in [1.807, 2.05) is 6.92 Å². The highest BCUT2D eigenvalue weighted by atomic mass is 35.5. The molecule has 1 unspecified atom stereocenters. The van der Waals surface area contributed by atoms with E-state index in [-0.39, 0.29) is 5.82 Å². The third-order valence-corrected chi connectivity index (χ3v) is 3.59. The molecule has 2 aromatic rings. The van der Waals surface area contributed by atoms with Crippen LogP contribution < -0.4 is 0 Å². The summed E-state index contributed by atoms with van der Waals surface area (Å²) in [6.07, 6.45) is -0.499. The Kier molecular flexibility index (Phi) is 3.92. The van der Waals surface area contributed by atoms with Gasteiger partial charge >= 0.3 is 0 Å². The molecule has 19 heavy (non-hydrogen) atoms. The molecule has 0 saturated carbocycles. The standard InChI is InChI=1S/C14H16ClFN2O/c1-8-4-10(6-11(16)5-8)13(19)7-12-14(15)9(2)17-18(12)3/h4-6,13,19H,7H2,1-3H3. The first kappa shape index (κ1) is 14.0. The predicted molar refractivity (Wildman–Crippen MR) is 72.8 cm³/mol. The molecule has 0 amide bonds. The molecule has 3 nitrogen and oxygen atoms in total. The molecule has 1 N–H and O–H groups in total. The van der Waals surface area contributed by atoms with Gasteiger partial charge in [-0.1, -0.05) is 17.7 Å². The van der Waals surface area contributed by atoms with Gasteiger partial charge in [0.2, 0.25) is 0 Å². The van der Waals surface area contributed by atoms with Crippen LogP contribution in [0.2, 0.25) is 5.02 Å². The summed E-state index contributed by atoms with van der Waals surface area (Å²) in [4.78, 5) is 0. The van der Waals surface area contributed by atoms with E-state index in [9.17, 15) is 9.50 Å². The van der Waals surface area contributed by atoms with Crippen LogP contribution in [-0.2, 0) is 13.5 Å². The van der Waals surface area contributed by atoms with Gasteiger partial charge in [0.25, 0.3) is 0 Å². The summed E-state index contributed by atoms with van der Waals surface area (Å²) in [6, 6.07) is 4.54. The average Bonchev–Trinajstić information content (AvgIpc) is 2.54. The molecule has 102 valence electrons. The second kappa shape index (κ2) is 5.31. The van der Waals surface area contributed by atoms with Crippen LogP contribution in [0.3, 0.4) is 0 Å². The largest absolute Gasteiger partial charge is 0.388 e. The molecule has 0 fully saturated rings. The van der Waals surface area contributed by atoms with Gasteiger partial charge in [-0.15, -0.1) is 0 Å². The van der Waals surface area contributed by atoms with Crippen molar-refractivity contribution in [3.8, 4) is 0 Å². The first-order valence-electron chi connectivity index (χ1n) is 6.01. The molecule has 1 aromatic heterocycles. The maximum absolute atomic E-state index is 13.3. The minimum atomic E-state index is -0.804. The Hall–Kier alpha value is -1.39. The molecule has 0 saturated heterocycles. The molecule has 0 bridgehead atoms. The van der Waals surface area contributed by atoms with Gasteiger partial charge in [0.15, 0.2) is 0 Å². The highest BCUT2D eigenvalue weighted by Crippen LogP contribution is 2.26. The molecule has 0 aliphatic heterocycles. The quantitative estimate of drug-likeness (QED) is 0.939. The van der Waals surface area contributed by atoms with Gasteiger partial charge in [0, 0.05) is 13.5 Å². The first-order valence-corrected chi connectivity index (χ1v) is 6.39. The summed E-state index contributed by atoms with van der Waals surface area (Å²) in [6.45, 7) is 3.60. The lowest BCUT2D eigenvalue weighted by molar-refractivity contribution is 0.175. The zero-order chi connectivity index (χ0) is 14.2. The number of aryl methyl sites for hydroxylation is 3. The Bertz CT molecular complexity index is 589. The van der Waals surface area contributed by atoms with Crippen LogP contribution in [-0.4, -0.2) is 14.9 Å². The Balaban J connectivity index is 2.27. The van der Waals surface area contributed by atoms with Crippen molar-refractivity contribution >= 4 is 11.6 Å². The Labute approximate surface area is 116 Å². The summed E-state index contributed by atoms with van der Waals surface area (Å²) in [5, 5.41) is 15.0. The van der Waals surface area contributed by atoms with Crippen molar-refractivity contribution in [1.29, 1.82) is 0 Å². The number of hydrogen-bond acceptors (Lipinski definition) is 2. The SMILES string of the molecule is Cc1cc(F)cc(C(O)Cc2c(Cl)c(C)nn2C)c1. The third-order valence-electron chi connectivity index (χ3n) is 3.10.